The van der Waals surface area contributed by atoms with Gasteiger partial charge >= 0.3 is 0 Å². The average Bonchev–Trinajstić information content (AvgIpc) is 2.56. The molecule has 2 heterocycles. The number of hydrogen-bond acceptors (Lipinski definition) is 5. The minimum atomic E-state index is -3.42. The number of ether oxygens (including phenoxy) is 2. The van der Waals surface area contributed by atoms with Crippen molar-refractivity contribution in [2.75, 3.05) is 12.9 Å². The second kappa shape index (κ2) is 6.22. The molecule has 1 aliphatic rings. The number of nitrogens with zero attached hydrogens (tertiary/aromatic N) is 1. The zero-order valence-electron chi connectivity index (χ0n) is 14.7. The van der Waals surface area contributed by atoms with E-state index in [0.717, 1.165) is 12.7 Å². The van der Waals surface area contributed by atoms with Crippen molar-refractivity contribution >= 4 is 9.84 Å². The molecule has 0 N–H and O–H groups in total. The number of fused-ring (bicyclic) bond motifs is 1. The molecule has 134 valence electrons. The van der Waals surface area contributed by atoms with Gasteiger partial charge in [-0.1, -0.05) is 6.92 Å². The maximum Gasteiger partial charge on any atom is 0.253 e. The molecule has 1 atom stereocenters. The quantitative estimate of drug-likeness (QED) is 0.837. The van der Waals surface area contributed by atoms with Crippen molar-refractivity contribution in [3.8, 4) is 22.6 Å². The third-order valence-electron chi connectivity index (χ3n) is 4.29. The van der Waals surface area contributed by atoms with Gasteiger partial charge in [-0.2, -0.15) is 0 Å². The van der Waals surface area contributed by atoms with Gasteiger partial charge < -0.3 is 14.0 Å². The van der Waals surface area contributed by atoms with Crippen LogP contribution < -0.4 is 15.0 Å². The Balaban J connectivity index is 2.27. The van der Waals surface area contributed by atoms with Crippen LogP contribution in [0.4, 0.5) is 0 Å². The first kappa shape index (κ1) is 17.5. The predicted molar refractivity (Wildman–Crippen MR) is 95.2 cm³/mol. The maximum atomic E-state index is 12.1. The molecule has 0 fully saturated rings. The Bertz CT molecular complexity index is 965. The van der Waals surface area contributed by atoms with Crippen molar-refractivity contribution in [1.29, 1.82) is 0 Å². The normalized spacial score (nSPS) is 16.7. The number of rotatable bonds is 3. The molecule has 6 nitrogen and oxygen atoms in total. The summed E-state index contributed by atoms with van der Waals surface area (Å²) in [5, 5.41) is 0. The highest BCUT2D eigenvalue weighted by molar-refractivity contribution is 7.90. The van der Waals surface area contributed by atoms with E-state index in [4.69, 9.17) is 9.47 Å². The van der Waals surface area contributed by atoms with Crippen molar-refractivity contribution in [2.45, 2.75) is 31.3 Å². The summed E-state index contributed by atoms with van der Waals surface area (Å²) >= 11 is 0. The summed E-state index contributed by atoms with van der Waals surface area (Å²) in [6.45, 7) is 4.11. The van der Waals surface area contributed by atoms with Crippen molar-refractivity contribution in [1.82, 2.24) is 4.57 Å². The fraction of sp³-hybridized carbons (Fsp3) is 0.389. The molecule has 0 aliphatic carbocycles. The van der Waals surface area contributed by atoms with Crippen molar-refractivity contribution in [3.05, 3.63) is 40.3 Å². The lowest BCUT2D eigenvalue weighted by Crippen LogP contribution is -2.28. The van der Waals surface area contributed by atoms with E-state index in [1.54, 1.807) is 32.3 Å². The largest absolute Gasteiger partial charge is 0.485 e. The molecule has 0 bridgehead atoms. The smallest absolute Gasteiger partial charge is 0.253 e. The Morgan fingerprint density at radius 1 is 1.28 bits per heavy atom. The van der Waals surface area contributed by atoms with Gasteiger partial charge in [0.1, 0.15) is 12.7 Å². The van der Waals surface area contributed by atoms with Crippen LogP contribution in [0.15, 0.2) is 34.1 Å². The molecule has 25 heavy (non-hydrogen) atoms. The van der Waals surface area contributed by atoms with Gasteiger partial charge in [0.2, 0.25) is 0 Å². The number of sulfone groups is 1. The van der Waals surface area contributed by atoms with Gasteiger partial charge in [0, 0.05) is 42.3 Å². The predicted octanol–water partition coefficient (Wildman–Crippen LogP) is 2.31. The van der Waals surface area contributed by atoms with Crippen LogP contribution in [0.2, 0.25) is 0 Å². The van der Waals surface area contributed by atoms with Crippen LogP contribution in [0.3, 0.4) is 0 Å². The lowest BCUT2D eigenvalue weighted by molar-refractivity contribution is 0.0886. The maximum absolute atomic E-state index is 12.1. The Hall–Kier alpha value is -2.28. The van der Waals surface area contributed by atoms with Gasteiger partial charge in [-0.25, -0.2) is 8.42 Å². The summed E-state index contributed by atoms with van der Waals surface area (Å²) in [4.78, 5) is 12.1. The Kier molecular flexibility index (Phi) is 4.36. The number of hydrogen-bond donors (Lipinski definition) is 0. The number of pyridine rings is 1. The highest BCUT2D eigenvalue weighted by Crippen LogP contribution is 2.43. The van der Waals surface area contributed by atoms with Crippen LogP contribution in [-0.4, -0.2) is 32.0 Å². The second-order valence-corrected chi connectivity index (χ2v) is 8.37. The van der Waals surface area contributed by atoms with Gasteiger partial charge in [0.05, 0.1) is 4.90 Å². The van der Waals surface area contributed by atoms with E-state index in [0.29, 0.717) is 34.8 Å². The van der Waals surface area contributed by atoms with Gasteiger partial charge in [-0.15, -0.1) is 0 Å². The van der Waals surface area contributed by atoms with Gasteiger partial charge in [0.25, 0.3) is 5.56 Å². The number of benzene rings is 1. The van der Waals surface area contributed by atoms with Crippen LogP contribution in [0.1, 0.15) is 18.9 Å². The van der Waals surface area contributed by atoms with Crippen molar-refractivity contribution < 1.29 is 17.9 Å². The highest BCUT2D eigenvalue weighted by Gasteiger charge is 2.26. The summed E-state index contributed by atoms with van der Waals surface area (Å²) in [6.07, 6.45) is 3.48. The molecule has 0 amide bonds. The van der Waals surface area contributed by atoms with Crippen molar-refractivity contribution in [2.24, 2.45) is 7.05 Å². The first-order valence-corrected chi connectivity index (χ1v) is 9.95. The standard InChI is InChI=1S/C18H21NO5S/c1-5-13-10-23-17-15(12-6-11(2)18(20)19(3)9-12)7-14(25(4,21)22)8-16(17)24-13/h6-9,13H,5,10H2,1-4H3. The molecule has 1 unspecified atom stereocenters. The third kappa shape index (κ3) is 3.28. The molecule has 3 rings (SSSR count). The van der Waals surface area contributed by atoms with Crippen LogP contribution in [0.5, 0.6) is 11.5 Å². The fourth-order valence-electron chi connectivity index (χ4n) is 2.86. The molecule has 1 aromatic carbocycles. The van der Waals surface area contributed by atoms with Crippen molar-refractivity contribution in [3.63, 3.8) is 0 Å². The van der Waals surface area contributed by atoms with Crippen LogP contribution >= 0.6 is 0 Å². The molecular weight excluding hydrogens is 342 g/mol. The zero-order valence-corrected chi connectivity index (χ0v) is 15.5. The van der Waals surface area contributed by atoms with E-state index in [9.17, 15) is 13.2 Å². The van der Waals surface area contributed by atoms with Crippen LogP contribution in [0.25, 0.3) is 11.1 Å². The Morgan fingerprint density at radius 3 is 2.60 bits per heavy atom. The first-order chi connectivity index (χ1) is 11.7. The summed E-state index contributed by atoms with van der Waals surface area (Å²) in [6, 6.07) is 4.81. The molecule has 1 aliphatic heterocycles. The summed E-state index contributed by atoms with van der Waals surface area (Å²) < 4.78 is 37.4. The summed E-state index contributed by atoms with van der Waals surface area (Å²) in [7, 11) is -1.76. The molecular formula is C18H21NO5S. The number of aryl methyl sites for hydroxylation is 2. The van der Waals surface area contributed by atoms with E-state index in [1.807, 2.05) is 6.92 Å². The van der Waals surface area contributed by atoms with Crippen LogP contribution in [0, 0.1) is 6.92 Å². The molecule has 7 heteroatoms. The molecule has 0 spiro atoms. The average molecular weight is 363 g/mol. The van der Waals surface area contributed by atoms with E-state index >= 15 is 0 Å². The van der Waals surface area contributed by atoms with Crippen LogP contribution in [-0.2, 0) is 16.9 Å². The second-order valence-electron chi connectivity index (χ2n) is 6.36. The van der Waals surface area contributed by atoms with E-state index in [-0.39, 0.29) is 16.6 Å². The minimum Gasteiger partial charge on any atom is -0.485 e. The lowest BCUT2D eigenvalue weighted by Gasteiger charge is -2.28. The Labute approximate surface area is 146 Å². The number of aromatic nitrogens is 1. The SMILES string of the molecule is CCC1COc2c(cc(S(C)(=O)=O)cc2-c2cc(C)c(=O)n(C)c2)O1. The van der Waals surface area contributed by atoms with E-state index in [2.05, 4.69) is 0 Å². The van der Waals surface area contributed by atoms with E-state index < -0.39 is 9.84 Å². The summed E-state index contributed by atoms with van der Waals surface area (Å²) in [5.74, 6) is 0.928. The first-order valence-electron chi connectivity index (χ1n) is 8.06. The minimum absolute atomic E-state index is 0.0971. The highest BCUT2D eigenvalue weighted by atomic mass is 32.2. The van der Waals surface area contributed by atoms with Gasteiger partial charge in [-0.3, -0.25) is 4.79 Å². The monoisotopic (exact) mass is 363 g/mol. The van der Waals surface area contributed by atoms with E-state index in [1.165, 1.54) is 10.6 Å². The molecule has 0 saturated carbocycles. The molecule has 2 aromatic rings. The van der Waals surface area contributed by atoms with Gasteiger partial charge in [0.15, 0.2) is 21.3 Å². The molecule has 0 saturated heterocycles. The summed E-state index contributed by atoms with van der Waals surface area (Å²) in [5.41, 5.74) is 1.79. The molecule has 0 radical (unpaired) electrons. The van der Waals surface area contributed by atoms with Gasteiger partial charge in [-0.05, 0) is 25.5 Å². The molecule has 1 aromatic heterocycles. The lowest BCUT2D eigenvalue weighted by atomic mass is 10.0. The zero-order chi connectivity index (χ0) is 18.4. The Morgan fingerprint density at radius 2 is 2.00 bits per heavy atom. The fourth-order valence-corrected chi connectivity index (χ4v) is 3.51. The topological polar surface area (TPSA) is 74.6 Å². The third-order valence-corrected chi connectivity index (χ3v) is 5.38.